The summed E-state index contributed by atoms with van der Waals surface area (Å²) in [5, 5.41) is 5.20. The number of thioether (sulfide) groups is 1. The van der Waals surface area contributed by atoms with Crippen LogP contribution in [0.2, 0.25) is 19.6 Å². The Morgan fingerprint density at radius 2 is 2.15 bits per heavy atom. The van der Waals surface area contributed by atoms with Crippen molar-refractivity contribution in [2.24, 2.45) is 10.9 Å². The highest BCUT2D eigenvalue weighted by Gasteiger charge is 2.69. The highest BCUT2D eigenvalue weighted by atomic mass is 79.9. The van der Waals surface area contributed by atoms with Gasteiger partial charge in [-0.3, -0.25) is 4.99 Å². The molecule has 1 saturated carbocycles. The third kappa shape index (κ3) is 2.64. The first-order valence-electron chi connectivity index (χ1n) is 8.37. The van der Waals surface area contributed by atoms with Gasteiger partial charge in [-0.1, -0.05) is 52.5 Å². The van der Waals surface area contributed by atoms with Gasteiger partial charge in [0, 0.05) is 22.0 Å². The normalized spacial score (nSPS) is 30.3. The van der Waals surface area contributed by atoms with Crippen molar-refractivity contribution in [2.75, 3.05) is 6.67 Å². The van der Waals surface area contributed by atoms with E-state index < -0.39 is 30.9 Å². The van der Waals surface area contributed by atoms with Gasteiger partial charge in [0.15, 0.2) is 0 Å². The molecule has 1 radical (unpaired) electrons. The fraction of sp³-hybridized carbons (Fsp3) is 0.444. The lowest BCUT2D eigenvalue weighted by Crippen LogP contribution is -2.37. The van der Waals surface area contributed by atoms with Crippen LogP contribution in [0.15, 0.2) is 38.3 Å². The van der Waals surface area contributed by atoms with Crippen LogP contribution in [0.25, 0.3) is 0 Å². The first-order valence-corrected chi connectivity index (χ1v) is 13.5. The molecule has 1 aromatic heterocycles. The van der Waals surface area contributed by atoms with Crippen molar-refractivity contribution in [3.63, 3.8) is 0 Å². The molecule has 1 aliphatic heterocycles. The smallest absolute Gasteiger partial charge is 0.129 e. The Morgan fingerprint density at radius 1 is 1.38 bits per heavy atom. The summed E-state index contributed by atoms with van der Waals surface area (Å²) >= 11 is 4.77. The standard InChI is InChI=1S/C18H18BrF2N2OSSi/c1-26(2,3)16-7-15(23-24-16)18-8-14(18)17(9-20,22-10-25-18)12-6-11(19)4-5-13(12)21/h4-7,14H,8-9H2,1-3H3/t14-,17+,18-/m0/s1. The van der Waals surface area contributed by atoms with Crippen LogP contribution in [-0.2, 0) is 10.3 Å². The van der Waals surface area contributed by atoms with Crippen molar-refractivity contribution < 1.29 is 13.3 Å². The maximum Gasteiger partial charge on any atom is 0.129 e. The van der Waals surface area contributed by atoms with Crippen molar-refractivity contribution in [1.29, 1.82) is 0 Å². The fourth-order valence-electron chi connectivity index (χ4n) is 3.61. The molecular weight excluding hydrogens is 438 g/mol. The molecule has 0 unspecified atom stereocenters. The second-order valence-electron chi connectivity index (χ2n) is 7.96. The summed E-state index contributed by atoms with van der Waals surface area (Å²) in [5.41, 5.74) is 2.69. The third-order valence-corrected chi connectivity index (χ3v) is 8.66. The minimum absolute atomic E-state index is 0.186. The Morgan fingerprint density at radius 3 is 2.81 bits per heavy atom. The summed E-state index contributed by atoms with van der Waals surface area (Å²) in [7, 11) is -1.64. The second-order valence-corrected chi connectivity index (χ2v) is 15.0. The van der Waals surface area contributed by atoms with Crippen LogP contribution in [-0.4, -0.2) is 25.5 Å². The zero-order valence-corrected chi connectivity index (χ0v) is 18.0. The summed E-state index contributed by atoms with van der Waals surface area (Å²) in [5.74, 6) is -0.637. The van der Waals surface area contributed by atoms with E-state index in [0.29, 0.717) is 10.9 Å². The highest BCUT2D eigenvalue weighted by molar-refractivity contribution is 9.10. The maximum atomic E-state index is 14.6. The van der Waals surface area contributed by atoms with Crippen LogP contribution in [0.5, 0.6) is 0 Å². The van der Waals surface area contributed by atoms with Crippen molar-refractivity contribution >= 4 is 46.7 Å². The van der Waals surface area contributed by atoms with Gasteiger partial charge in [-0.05, 0) is 24.6 Å². The molecule has 0 amide bonds. The number of halogens is 3. The largest absolute Gasteiger partial charge is 0.366 e. The second kappa shape index (κ2) is 6.00. The van der Waals surface area contributed by atoms with E-state index in [9.17, 15) is 8.78 Å². The number of hydrogen-bond donors (Lipinski definition) is 0. The Bertz CT molecular complexity index is 900. The van der Waals surface area contributed by atoms with Gasteiger partial charge >= 0.3 is 0 Å². The van der Waals surface area contributed by atoms with E-state index in [-0.39, 0.29) is 11.5 Å². The number of alkyl halides is 1. The fourth-order valence-corrected chi connectivity index (χ4v) is 6.02. The van der Waals surface area contributed by atoms with Gasteiger partial charge < -0.3 is 4.52 Å². The molecule has 0 spiro atoms. The number of aromatic nitrogens is 1. The van der Waals surface area contributed by atoms with E-state index >= 15 is 0 Å². The third-order valence-electron chi connectivity index (χ3n) is 5.24. The minimum atomic E-state index is -1.64. The molecule has 26 heavy (non-hydrogen) atoms. The molecule has 8 heteroatoms. The van der Waals surface area contributed by atoms with Crippen molar-refractivity contribution in [1.82, 2.24) is 5.16 Å². The van der Waals surface area contributed by atoms with E-state index in [2.05, 4.69) is 51.3 Å². The molecule has 1 fully saturated rings. The van der Waals surface area contributed by atoms with E-state index in [1.165, 1.54) is 17.8 Å². The van der Waals surface area contributed by atoms with E-state index in [4.69, 9.17) is 4.52 Å². The lowest BCUT2D eigenvalue weighted by molar-refractivity contribution is 0.263. The molecule has 4 rings (SSSR count). The van der Waals surface area contributed by atoms with Crippen molar-refractivity contribution in [2.45, 2.75) is 36.3 Å². The minimum Gasteiger partial charge on any atom is -0.366 e. The van der Waals surface area contributed by atoms with Gasteiger partial charge in [-0.15, -0.1) is 0 Å². The van der Waals surface area contributed by atoms with Crippen LogP contribution in [0.4, 0.5) is 8.78 Å². The molecule has 137 valence electrons. The SMILES string of the molecule is C[Si](C)(C)c1cc([C@]23C[C@H]2[C@@](CF)(c2cc(Br)ccc2F)N=[C]S3)no1. The molecule has 3 atom stereocenters. The van der Waals surface area contributed by atoms with Gasteiger partial charge in [0.1, 0.15) is 42.7 Å². The number of fused-ring (bicyclic) bond motifs is 1. The van der Waals surface area contributed by atoms with Crippen molar-refractivity contribution in [3.05, 3.63) is 45.8 Å². The van der Waals surface area contributed by atoms with Crippen LogP contribution in [0, 0.1) is 11.7 Å². The average Bonchev–Trinajstić information content (AvgIpc) is 3.13. The molecule has 1 aromatic carbocycles. The molecule has 2 aromatic rings. The van der Waals surface area contributed by atoms with Gasteiger partial charge in [0.25, 0.3) is 0 Å². The van der Waals surface area contributed by atoms with Crippen LogP contribution in [0.3, 0.4) is 0 Å². The van der Waals surface area contributed by atoms with Gasteiger partial charge in [0.2, 0.25) is 0 Å². The summed E-state index contributed by atoms with van der Waals surface area (Å²) < 4.78 is 34.7. The molecule has 2 heterocycles. The lowest BCUT2D eigenvalue weighted by atomic mass is 9.84. The quantitative estimate of drug-likeness (QED) is 0.618. The van der Waals surface area contributed by atoms with Crippen LogP contribution in [0.1, 0.15) is 17.7 Å². The number of rotatable bonds is 4. The zero-order chi connectivity index (χ0) is 18.7. The zero-order valence-electron chi connectivity index (χ0n) is 14.6. The van der Waals surface area contributed by atoms with Gasteiger partial charge in [-0.25, -0.2) is 8.78 Å². The summed E-state index contributed by atoms with van der Waals surface area (Å²) in [4.78, 5) is 4.33. The van der Waals surface area contributed by atoms with E-state index in [1.807, 2.05) is 6.07 Å². The lowest BCUT2D eigenvalue weighted by Gasteiger charge is -2.32. The molecule has 2 aliphatic rings. The Labute approximate surface area is 164 Å². The predicted molar refractivity (Wildman–Crippen MR) is 106 cm³/mol. The van der Waals surface area contributed by atoms with Crippen LogP contribution >= 0.6 is 27.7 Å². The molecule has 0 bridgehead atoms. The number of aliphatic imine (C=N–C) groups is 1. The molecule has 3 nitrogen and oxygen atoms in total. The number of nitrogens with zero attached hydrogens (tertiary/aromatic N) is 2. The van der Waals surface area contributed by atoms with E-state index in [1.54, 1.807) is 12.1 Å². The topological polar surface area (TPSA) is 38.4 Å². The molecule has 0 N–H and O–H groups in total. The first kappa shape index (κ1) is 18.4. The predicted octanol–water partition coefficient (Wildman–Crippen LogP) is 4.85. The monoisotopic (exact) mass is 455 g/mol. The average molecular weight is 456 g/mol. The number of hydrogen-bond acceptors (Lipinski definition) is 4. The van der Waals surface area contributed by atoms with Gasteiger partial charge in [-0.2, -0.15) is 0 Å². The first-order chi connectivity index (χ1) is 12.2. The highest BCUT2D eigenvalue weighted by Crippen LogP contribution is 2.70. The molecule has 0 saturated heterocycles. The molecular formula is C18H18BrF2N2OSSi. The van der Waals surface area contributed by atoms with Crippen LogP contribution < -0.4 is 5.38 Å². The summed E-state index contributed by atoms with van der Waals surface area (Å²) in [6.45, 7) is 5.77. The van der Waals surface area contributed by atoms with Crippen molar-refractivity contribution in [3.8, 4) is 0 Å². The summed E-state index contributed by atoms with van der Waals surface area (Å²) in [6.07, 6.45) is 0.668. The Hall–Kier alpha value is -0.993. The summed E-state index contributed by atoms with van der Waals surface area (Å²) in [6, 6.07) is 6.56. The Balaban J connectivity index is 1.77. The molecule has 1 aliphatic carbocycles. The maximum absolute atomic E-state index is 14.6. The van der Waals surface area contributed by atoms with Gasteiger partial charge in [0.05, 0.1) is 4.75 Å². The Kier molecular flexibility index (Phi) is 4.24. The number of benzene rings is 1. The van der Waals surface area contributed by atoms with E-state index in [0.717, 1.165) is 11.1 Å².